The van der Waals surface area contributed by atoms with Gasteiger partial charge in [0.2, 0.25) is 0 Å². The molecule has 1 saturated heterocycles. The lowest BCUT2D eigenvalue weighted by Gasteiger charge is -2.36. The van der Waals surface area contributed by atoms with E-state index < -0.39 is 0 Å². The van der Waals surface area contributed by atoms with Crippen molar-refractivity contribution in [1.82, 2.24) is 9.47 Å². The predicted molar refractivity (Wildman–Crippen MR) is 136 cm³/mol. The molecule has 0 saturated carbocycles. The largest absolute Gasteiger partial charge is 0.368 e. The normalized spacial score (nSPS) is 14.1. The maximum Gasteiger partial charge on any atom is 0.264 e. The second kappa shape index (κ2) is 9.59. The van der Waals surface area contributed by atoms with Gasteiger partial charge in [-0.2, -0.15) is 10.5 Å². The molecule has 0 bridgehead atoms. The zero-order valence-corrected chi connectivity index (χ0v) is 20.7. The van der Waals surface area contributed by atoms with E-state index in [-0.39, 0.29) is 11.5 Å². The van der Waals surface area contributed by atoms with Gasteiger partial charge in [-0.25, -0.2) is 0 Å². The topological polar surface area (TPSA) is 76.1 Å². The Kier molecular flexibility index (Phi) is 6.58. The Hall–Kier alpha value is -3.81. The van der Waals surface area contributed by atoms with Crippen LogP contribution >= 0.6 is 11.3 Å². The Morgan fingerprint density at radius 3 is 2.32 bits per heavy atom. The summed E-state index contributed by atoms with van der Waals surface area (Å²) < 4.78 is 2.05. The van der Waals surface area contributed by atoms with E-state index in [1.807, 2.05) is 56.5 Å². The number of hydrogen-bond donors (Lipinski definition) is 0. The lowest BCUT2D eigenvalue weighted by atomic mass is 10.1. The molecular formula is C27H27N5OS. The first-order valence-corrected chi connectivity index (χ1v) is 12.1. The number of rotatable bonds is 4. The van der Waals surface area contributed by atoms with E-state index in [1.165, 1.54) is 0 Å². The van der Waals surface area contributed by atoms with E-state index in [1.54, 1.807) is 22.3 Å². The van der Waals surface area contributed by atoms with Crippen LogP contribution in [-0.4, -0.2) is 41.6 Å². The monoisotopic (exact) mass is 469 g/mol. The number of piperazine rings is 1. The molecule has 1 fully saturated rings. The molecule has 0 N–H and O–H groups in total. The van der Waals surface area contributed by atoms with Crippen LogP contribution < -0.4 is 4.90 Å². The summed E-state index contributed by atoms with van der Waals surface area (Å²) in [5.74, 6) is -0.236. The Morgan fingerprint density at radius 2 is 1.71 bits per heavy atom. The molecule has 1 amide bonds. The van der Waals surface area contributed by atoms with E-state index in [4.69, 9.17) is 0 Å². The second-order valence-electron chi connectivity index (χ2n) is 8.52. The number of anilines is 1. The molecule has 3 heterocycles. The zero-order valence-electron chi connectivity index (χ0n) is 19.9. The summed E-state index contributed by atoms with van der Waals surface area (Å²) in [6.45, 7) is 10.5. The number of thiophene rings is 1. The van der Waals surface area contributed by atoms with Crippen molar-refractivity contribution in [3.05, 3.63) is 74.9 Å². The fraction of sp³-hybridized carbons (Fsp3) is 0.296. The van der Waals surface area contributed by atoms with Crippen LogP contribution in [-0.2, 0) is 4.79 Å². The molecule has 0 unspecified atom stereocenters. The Labute approximate surface area is 204 Å². The summed E-state index contributed by atoms with van der Waals surface area (Å²) in [4.78, 5) is 18.3. The van der Waals surface area contributed by atoms with Gasteiger partial charge in [-0.05, 0) is 63.1 Å². The number of aromatic nitrogens is 1. The number of hydrogen-bond acceptors (Lipinski definition) is 5. The van der Waals surface area contributed by atoms with Gasteiger partial charge in [0.25, 0.3) is 5.91 Å². The molecule has 4 rings (SSSR count). The smallest absolute Gasteiger partial charge is 0.264 e. The van der Waals surface area contributed by atoms with Gasteiger partial charge < -0.3 is 14.4 Å². The van der Waals surface area contributed by atoms with E-state index in [0.717, 1.165) is 51.2 Å². The highest BCUT2D eigenvalue weighted by molar-refractivity contribution is 7.14. The number of benzene rings is 1. The molecule has 1 aliphatic rings. The summed E-state index contributed by atoms with van der Waals surface area (Å²) in [7, 11) is 0. The highest BCUT2D eigenvalue weighted by Gasteiger charge is 2.25. The Balaban J connectivity index is 1.58. The van der Waals surface area contributed by atoms with Gasteiger partial charge in [-0.3, -0.25) is 4.79 Å². The average Bonchev–Trinajstić information content (AvgIpc) is 3.30. The molecule has 1 aromatic carbocycles. The molecule has 0 spiro atoms. The molecule has 6 nitrogen and oxygen atoms in total. The minimum absolute atomic E-state index is 0.132. The van der Waals surface area contributed by atoms with Gasteiger partial charge in [0, 0.05) is 48.1 Å². The minimum Gasteiger partial charge on any atom is -0.368 e. The molecule has 3 aromatic rings. The molecule has 0 radical (unpaired) electrons. The molecular weight excluding hydrogens is 442 g/mol. The minimum atomic E-state index is -0.236. The van der Waals surface area contributed by atoms with Gasteiger partial charge in [-0.15, -0.1) is 11.3 Å². The van der Waals surface area contributed by atoms with Crippen LogP contribution in [0, 0.1) is 50.4 Å². The summed E-state index contributed by atoms with van der Waals surface area (Å²) in [6.07, 6.45) is 1.68. The summed E-state index contributed by atoms with van der Waals surface area (Å²) in [5.41, 5.74) is 5.63. The maximum absolute atomic E-state index is 13.2. The van der Waals surface area contributed by atoms with Crippen LogP contribution in [0.4, 0.5) is 5.69 Å². The van der Waals surface area contributed by atoms with Gasteiger partial charge in [0.05, 0.1) is 5.56 Å². The molecule has 0 atom stereocenters. The molecule has 7 heteroatoms. The van der Waals surface area contributed by atoms with Crippen molar-refractivity contribution in [1.29, 1.82) is 10.5 Å². The lowest BCUT2D eigenvalue weighted by Crippen LogP contribution is -2.49. The SMILES string of the molecule is Cc1sc(-n2c(C)cc(/C=C(\C#N)C(=O)N3CCN(c4ccccc4)CC3)c2C)c(C#N)c1C. The van der Waals surface area contributed by atoms with Gasteiger partial charge in [0.1, 0.15) is 22.7 Å². The quantitative estimate of drug-likeness (QED) is 0.402. The van der Waals surface area contributed by atoms with Crippen molar-refractivity contribution in [2.45, 2.75) is 27.7 Å². The van der Waals surface area contributed by atoms with E-state index in [0.29, 0.717) is 18.7 Å². The maximum atomic E-state index is 13.2. The van der Waals surface area contributed by atoms with Crippen LogP contribution in [0.2, 0.25) is 0 Å². The van der Waals surface area contributed by atoms with Crippen molar-refractivity contribution in [3.63, 3.8) is 0 Å². The van der Waals surface area contributed by atoms with E-state index >= 15 is 0 Å². The van der Waals surface area contributed by atoms with Crippen LogP contribution in [0.15, 0.2) is 42.0 Å². The van der Waals surface area contributed by atoms with Gasteiger partial charge in [-0.1, -0.05) is 18.2 Å². The number of carbonyl (C=O) groups excluding carboxylic acids is 1. The van der Waals surface area contributed by atoms with Crippen molar-refractivity contribution in [3.8, 4) is 17.1 Å². The van der Waals surface area contributed by atoms with E-state index in [9.17, 15) is 15.3 Å². The number of nitriles is 2. The fourth-order valence-electron chi connectivity index (χ4n) is 4.42. The number of carbonyl (C=O) groups is 1. The van der Waals surface area contributed by atoms with Crippen molar-refractivity contribution in [2.24, 2.45) is 0 Å². The third-order valence-corrected chi connectivity index (χ3v) is 7.68. The van der Waals surface area contributed by atoms with Crippen molar-refractivity contribution in [2.75, 3.05) is 31.1 Å². The fourth-order valence-corrected chi connectivity index (χ4v) is 5.64. The second-order valence-corrected chi connectivity index (χ2v) is 9.72. The number of aryl methyl sites for hydroxylation is 2. The lowest BCUT2D eigenvalue weighted by molar-refractivity contribution is -0.126. The molecule has 1 aliphatic heterocycles. The highest BCUT2D eigenvalue weighted by atomic mass is 32.1. The van der Waals surface area contributed by atoms with Crippen LogP contribution in [0.3, 0.4) is 0 Å². The van der Waals surface area contributed by atoms with Crippen molar-refractivity contribution < 1.29 is 4.79 Å². The Bertz CT molecular complexity index is 1340. The molecule has 2 aromatic heterocycles. The number of para-hydroxylation sites is 1. The molecule has 0 aliphatic carbocycles. The number of nitrogens with zero attached hydrogens (tertiary/aromatic N) is 5. The first kappa shape index (κ1) is 23.4. The number of amides is 1. The zero-order chi connectivity index (χ0) is 24.4. The molecule has 34 heavy (non-hydrogen) atoms. The van der Waals surface area contributed by atoms with Gasteiger partial charge >= 0.3 is 0 Å². The average molecular weight is 470 g/mol. The first-order valence-electron chi connectivity index (χ1n) is 11.3. The predicted octanol–water partition coefficient (Wildman–Crippen LogP) is 4.90. The summed E-state index contributed by atoms with van der Waals surface area (Å²) in [5, 5.41) is 20.4. The highest BCUT2D eigenvalue weighted by Crippen LogP contribution is 2.34. The van der Waals surface area contributed by atoms with Gasteiger partial charge in [0.15, 0.2) is 0 Å². The molecule has 172 valence electrons. The standard InChI is InChI=1S/C27H27N5OS/c1-18-14-22(20(3)32(18)27-25(17-29)19(2)21(4)34-27)15-23(16-28)26(33)31-12-10-30(11-13-31)24-8-6-5-7-9-24/h5-9,14-15H,10-13H2,1-4H3/b23-15+. The summed E-state index contributed by atoms with van der Waals surface area (Å²) >= 11 is 1.59. The summed E-state index contributed by atoms with van der Waals surface area (Å²) in [6, 6.07) is 16.6. The van der Waals surface area contributed by atoms with E-state index in [2.05, 4.69) is 29.2 Å². The third-order valence-electron chi connectivity index (χ3n) is 6.49. The van der Waals surface area contributed by atoms with Crippen LogP contribution in [0.1, 0.15) is 33.0 Å². The van der Waals surface area contributed by atoms with Crippen LogP contribution in [0.25, 0.3) is 11.1 Å². The third kappa shape index (κ3) is 4.23. The first-order chi connectivity index (χ1) is 16.3. The van der Waals surface area contributed by atoms with Crippen LogP contribution in [0.5, 0.6) is 0 Å². The Morgan fingerprint density at radius 1 is 1.03 bits per heavy atom. The van der Waals surface area contributed by atoms with Crippen molar-refractivity contribution >= 4 is 29.0 Å².